The van der Waals surface area contributed by atoms with Crippen LogP contribution in [0.25, 0.3) is 0 Å². The third kappa shape index (κ3) is 5.51. The van der Waals surface area contributed by atoms with Crippen molar-refractivity contribution in [2.45, 2.75) is 37.1 Å². The van der Waals surface area contributed by atoms with E-state index in [0.717, 1.165) is 18.4 Å². The number of methoxy groups -OCH3 is 2. The number of hydrogen-bond acceptors (Lipinski definition) is 5. The molecule has 0 spiro atoms. The van der Waals surface area contributed by atoms with Gasteiger partial charge in [0.1, 0.15) is 6.04 Å². The van der Waals surface area contributed by atoms with Gasteiger partial charge in [0.05, 0.1) is 18.1 Å². The van der Waals surface area contributed by atoms with Crippen LogP contribution in [0.2, 0.25) is 0 Å². The van der Waals surface area contributed by atoms with Gasteiger partial charge in [-0.15, -0.1) is 0 Å². The van der Waals surface area contributed by atoms with E-state index in [9.17, 15) is 13.2 Å². The van der Waals surface area contributed by atoms with Gasteiger partial charge in [-0.25, -0.2) is 8.42 Å². The number of sulfonamides is 1. The van der Waals surface area contributed by atoms with E-state index in [-0.39, 0.29) is 10.8 Å². The Morgan fingerprint density at radius 3 is 2.26 bits per heavy atom. The van der Waals surface area contributed by atoms with E-state index >= 15 is 0 Å². The molecule has 1 amide bonds. The number of benzene rings is 1. The molecule has 0 bridgehead atoms. The van der Waals surface area contributed by atoms with Crippen LogP contribution in [0.4, 0.5) is 0 Å². The summed E-state index contributed by atoms with van der Waals surface area (Å²) in [6, 6.07) is 6.08. The first kappa shape index (κ1) is 21.8. The highest BCUT2D eigenvalue weighted by Crippen LogP contribution is 2.26. The first-order chi connectivity index (χ1) is 12.9. The normalized spacial score (nSPS) is 18.4. The first-order valence-corrected chi connectivity index (χ1v) is 10.7. The molecule has 1 fully saturated rings. The van der Waals surface area contributed by atoms with Crippen LogP contribution in [0, 0.1) is 6.92 Å². The predicted octanol–water partition coefficient (Wildman–Crippen LogP) is 1.66. The summed E-state index contributed by atoms with van der Waals surface area (Å²) in [7, 11) is -0.570. The minimum atomic E-state index is -3.72. The van der Waals surface area contributed by atoms with Gasteiger partial charge >= 0.3 is 0 Å². The quantitative estimate of drug-likeness (QED) is 0.632. The summed E-state index contributed by atoms with van der Waals surface area (Å²) in [6.45, 7) is 3.88. The van der Waals surface area contributed by atoms with Crippen molar-refractivity contribution in [1.29, 1.82) is 0 Å². The molecule has 152 valence electrons. The van der Waals surface area contributed by atoms with Crippen LogP contribution in [0.5, 0.6) is 0 Å². The highest BCUT2D eigenvalue weighted by Gasteiger charge is 2.39. The summed E-state index contributed by atoms with van der Waals surface area (Å²) < 4.78 is 37.9. The zero-order valence-electron chi connectivity index (χ0n) is 16.4. The van der Waals surface area contributed by atoms with Crippen molar-refractivity contribution in [2.75, 3.05) is 47.1 Å². The summed E-state index contributed by atoms with van der Waals surface area (Å²) in [5.74, 6) is -0.181. The molecule has 0 saturated carbocycles. The highest BCUT2D eigenvalue weighted by atomic mass is 32.2. The fraction of sp³-hybridized carbons (Fsp3) is 0.632. The second-order valence-corrected chi connectivity index (χ2v) is 8.64. The standard InChI is InChI=1S/C19H30N2O5S/c1-16-7-9-17(10-8-16)27(23,24)21-11-5-4-6-18(21)19(22)20(12-14-25-2)13-15-26-3/h7-10,18H,4-6,11-15H2,1-3H3/t18-/m1/s1. The Morgan fingerprint density at radius 1 is 1.11 bits per heavy atom. The van der Waals surface area contributed by atoms with E-state index in [4.69, 9.17) is 9.47 Å². The van der Waals surface area contributed by atoms with Crippen LogP contribution >= 0.6 is 0 Å². The summed E-state index contributed by atoms with van der Waals surface area (Å²) in [4.78, 5) is 15.0. The van der Waals surface area contributed by atoms with E-state index in [1.165, 1.54) is 4.31 Å². The Hall–Kier alpha value is -1.48. The van der Waals surface area contributed by atoms with E-state index < -0.39 is 16.1 Å². The van der Waals surface area contributed by atoms with Crippen LogP contribution in [-0.2, 0) is 24.3 Å². The van der Waals surface area contributed by atoms with Crippen LogP contribution in [-0.4, -0.2) is 76.6 Å². The number of nitrogens with zero attached hydrogens (tertiary/aromatic N) is 2. The Bertz CT molecular complexity index is 697. The Morgan fingerprint density at radius 2 is 1.70 bits per heavy atom. The van der Waals surface area contributed by atoms with E-state index in [1.807, 2.05) is 6.92 Å². The second-order valence-electron chi connectivity index (χ2n) is 6.75. The molecule has 1 atom stereocenters. The van der Waals surface area contributed by atoms with Gasteiger partial charge < -0.3 is 14.4 Å². The van der Waals surface area contributed by atoms with Gasteiger partial charge in [-0.05, 0) is 31.9 Å². The van der Waals surface area contributed by atoms with Gasteiger partial charge in [0.2, 0.25) is 15.9 Å². The third-order valence-corrected chi connectivity index (χ3v) is 6.73. The van der Waals surface area contributed by atoms with Gasteiger partial charge in [0, 0.05) is 33.9 Å². The number of ether oxygens (including phenoxy) is 2. The Balaban J connectivity index is 2.26. The molecule has 1 saturated heterocycles. The van der Waals surface area contributed by atoms with Gasteiger partial charge in [0.15, 0.2) is 0 Å². The molecular weight excluding hydrogens is 368 g/mol. The summed E-state index contributed by atoms with van der Waals surface area (Å²) in [5, 5.41) is 0. The number of aryl methyl sites for hydroxylation is 1. The topological polar surface area (TPSA) is 76.2 Å². The molecule has 0 radical (unpaired) electrons. The number of carbonyl (C=O) groups excluding carboxylic acids is 1. The molecule has 1 aromatic rings. The van der Waals surface area contributed by atoms with Crippen LogP contribution in [0.1, 0.15) is 24.8 Å². The zero-order valence-corrected chi connectivity index (χ0v) is 17.2. The molecule has 1 aliphatic rings. The van der Waals surface area contributed by atoms with Gasteiger partial charge in [-0.1, -0.05) is 24.1 Å². The van der Waals surface area contributed by atoms with E-state index in [1.54, 1.807) is 43.4 Å². The molecule has 0 N–H and O–H groups in total. The minimum absolute atomic E-state index is 0.181. The maximum Gasteiger partial charge on any atom is 0.243 e. The highest BCUT2D eigenvalue weighted by molar-refractivity contribution is 7.89. The monoisotopic (exact) mass is 398 g/mol. The summed E-state index contributed by atoms with van der Waals surface area (Å²) in [5.41, 5.74) is 0.991. The molecule has 8 heteroatoms. The third-order valence-electron chi connectivity index (χ3n) is 4.81. The van der Waals surface area contributed by atoms with Crippen molar-refractivity contribution in [3.05, 3.63) is 29.8 Å². The Labute approximate surface area is 162 Å². The van der Waals surface area contributed by atoms with Crippen LogP contribution < -0.4 is 0 Å². The SMILES string of the molecule is COCCN(CCOC)C(=O)[C@H]1CCCCN1S(=O)(=O)c1ccc(C)cc1. The van der Waals surface area contributed by atoms with Gasteiger partial charge in [-0.3, -0.25) is 4.79 Å². The second kappa shape index (κ2) is 10.2. The van der Waals surface area contributed by atoms with Crippen molar-refractivity contribution in [2.24, 2.45) is 0 Å². The fourth-order valence-corrected chi connectivity index (χ4v) is 4.88. The van der Waals surface area contributed by atoms with E-state index in [0.29, 0.717) is 39.3 Å². The largest absolute Gasteiger partial charge is 0.383 e. The van der Waals surface area contributed by atoms with Gasteiger partial charge in [0.25, 0.3) is 0 Å². The average molecular weight is 399 g/mol. The smallest absolute Gasteiger partial charge is 0.243 e. The maximum absolute atomic E-state index is 13.2. The molecule has 2 rings (SSSR count). The number of rotatable bonds is 9. The molecule has 0 unspecified atom stereocenters. The molecule has 1 aliphatic heterocycles. The molecule has 0 aromatic heterocycles. The molecule has 27 heavy (non-hydrogen) atoms. The molecule has 7 nitrogen and oxygen atoms in total. The summed E-state index contributed by atoms with van der Waals surface area (Å²) >= 11 is 0. The van der Waals surface area contributed by atoms with Crippen molar-refractivity contribution in [3.63, 3.8) is 0 Å². The van der Waals surface area contributed by atoms with Crippen molar-refractivity contribution < 1.29 is 22.7 Å². The molecular formula is C19H30N2O5S. The van der Waals surface area contributed by atoms with Crippen molar-refractivity contribution in [1.82, 2.24) is 9.21 Å². The number of hydrogen-bond donors (Lipinski definition) is 0. The Kier molecular flexibility index (Phi) is 8.22. The lowest BCUT2D eigenvalue weighted by atomic mass is 10.0. The number of piperidine rings is 1. The molecule has 1 aromatic carbocycles. The summed E-state index contributed by atoms with van der Waals surface area (Å²) in [6.07, 6.45) is 2.12. The average Bonchev–Trinajstić information content (AvgIpc) is 2.68. The number of carbonyl (C=O) groups is 1. The van der Waals surface area contributed by atoms with Crippen LogP contribution in [0.3, 0.4) is 0 Å². The van der Waals surface area contributed by atoms with Gasteiger partial charge in [-0.2, -0.15) is 4.31 Å². The minimum Gasteiger partial charge on any atom is -0.383 e. The molecule has 0 aliphatic carbocycles. The number of amides is 1. The predicted molar refractivity (Wildman–Crippen MR) is 103 cm³/mol. The lowest BCUT2D eigenvalue weighted by Crippen LogP contribution is -2.54. The maximum atomic E-state index is 13.2. The zero-order chi connectivity index (χ0) is 19.9. The lowest BCUT2D eigenvalue weighted by molar-refractivity contribution is -0.137. The van der Waals surface area contributed by atoms with Crippen molar-refractivity contribution >= 4 is 15.9 Å². The first-order valence-electron chi connectivity index (χ1n) is 9.27. The van der Waals surface area contributed by atoms with E-state index in [2.05, 4.69) is 0 Å². The van der Waals surface area contributed by atoms with Crippen LogP contribution in [0.15, 0.2) is 29.2 Å². The van der Waals surface area contributed by atoms with Crippen molar-refractivity contribution in [3.8, 4) is 0 Å². The molecule has 1 heterocycles. The fourth-order valence-electron chi connectivity index (χ4n) is 3.23. The lowest BCUT2D eigenvalue weighted by Gasteiger charge is -2.36.